The number of urea groups is 1. The number of hydrogen-bond donors (Lipinski definition) is 2. The highest BCUT2D eigenvalue weighted by Gasteiger charge is 2.07. The summed E-state index contributed by atoms with van der Waals surface area (Å²) in [7, 11) is 0. The van der Waals surface area contributed by atoms with Gasteiger partial charge in [0.2, 0.25) is 0 Å². The molecule has 0 spiro atoms. The lowest BCUT2D eigenvalue weighted by molar-refractivity contribution is -0.0498. The first-order valence-corrected chi connectivity index (χ1v) is 7.29. The van der Waals surface area contributed by atoms with Gasteiger partial charge in [-0.2, -0.15) is 8.78 Å². The van der Waals surface area contributed by atoms with Crippen LogP contribution in [0.1, 0.15) is 18.9 Å². The minimum absolute atomic E-state index is 0.0410. The quantitative estimate of drug-likeness (QED) is 0.796. The van der Waals surface area contributed by atoms with Crippen molar-refractivity contribution >= 4 is 17.4 Å². The Labute approximate surface area is 133 Å². The lowest BCUT2D eigenvalue weighted by atomic mass is 10.1. The van der Waals surface area contributed by atoms with Gasteiger partial charge < -0.3 is 15.4 Å². The average Bonchev–Trinajstić information content (AvgIpc) is 2.51. The van der Waals surface area contributed by atoms with Gasteiger partial charge in [-0.05, 0) is 42.3 Å². The van der Waals surface area contributed by atoms with Crippen molar-refractivity contribution in [2.45, 2.75) is 26.4 Å². The third kappa shape index (κ3) is 5.25. The fourth-order valence-electron chi connectivity index (χ4n) is 2.13. The Hall–Kier alpha value is -2.63. The number of nitrogens with one attached hydrogen (secondary N) is 2. The third-order valence-corrected chi connectivity index (χ3v) is 3.12. The van der Waals surface area contributed by atoms with Crippen molar-refractivity contribution in [3.05, 3.63) is 54.1 Å². The van der Waals surface area contributed by atoms with Gasteiger partial charge in [0.25, 0.3) is 0 Å². The van der Waals surface area contributed by atoms with Crippen molar-refractivity contribution in [2.75, 3.05) is 10.6 Å². The summed E-state index contributed by atoms with van der Waals surface area (Å²) in [5.41, 5.74) is 2.30. The van der Waals surface area contributed by atoms with E-state index in [4.69, 9.17) is 0 Å². The second-order valence-corrected chi connectivity index (χ2v) is 4.89. The van der Waals surface area contributed by atoms with Gasteiger partial charge in [-0.3, -0.25) is 0 Å². The Balaban J connectivity index is 1.97. The van der Waals surface area contributed by atoms with E-state index >= 15 is 0 Å². The molecule has 0 saturated carbocycles. The standard InChI is InChI=1S/C17H18F2N2O2/c1-2-5-12-6-3-4-7-15(12)21-17(22)20-13-8-10-14(11-9-13)23-16(18)19/h3-4,6-11,16H,2,5H2,1H3,(H2,20,21,22). The van der Waals surface area contributed by atoms with Gasteiger partial charge in [-0.1, -0.05) is 31.5 Å². The molecule has 0 fully saturated rings. The fraction of sp³-hybridized carbons (Fsp3) is 0.235. The highest BCUT2D eigenvalue weighted by molar-refractivity contribution is 6.00. The van der Waals surface area contributed by atoms with Crippen LogP contribution in [0.4, 0.5) is 25.0 Å². The lowest BCUT2D eigenvalue weighted by Gasteiger charge is -2.12. The maximum Gasteiger partial charge on any atom is 0.387 e. The Morgan fingerprint density at radius 3 is 2.43 bits per heavy atom. The number of ether oxygens (including phenoxy) is 1. The molecule has 0 heterocycles. The number of anilines is 2. The summed E-state index contributed by atoms with van der Waals surface area (Å²) in [6.45, 7) is -0.799. The van der Waals surface area contributed by atoms with Crippen LogP contribution in [0.2, 0.25) is 0 Å². The van der Waals surface area contributed by atoms with Crippen molar-refractivity contribution in [3.8, 4) is 5.75 Å². The van der Waals surface area contributed by atoms with Crippen molar-refractivity contribution in [2.24, 2.45) is 0 Å². The molecule has 0 atom stereocenters. The number of rotatable bonds is 6. The van der Waals surface area contributed by atoms with Crippen molar-refractivity contribution in [1.82, 2.24) is 0 Å². The minimum atomic E-state index is -2.87. The molecule has 2 aromatic rings. The second kappa shape index (κ2) is 8.12. The first kappa shape index (κ1) is 16.7. The number of benzene rings is 2. The summed E-state index contributed by atoms with van der Waals surface area (Å²) in [5.74, 6) is 0.0410. The fourth-order valence-corrected chi connectivity index (χ4v) is 2.13. The summed E-state index contributed by atoms with van der Waals surface area (Å²) in [6.07, 6.45) is 1.85. The van der Waals surface area contributed by atoms with Gasteiger partial charge >= 0.3 is 12.6 Å². The number of halogens is 2. The van der Waals surface area contributed by atoms with E-state index < -0.39 is 12.6 Å². The summed E-state index contributed by atoms with van der Waals surface area (Å²) >= 11 is 0. The normalized spacial score (nSPS) is 10.4. The van der Waals surface area contributed by atoms with Gasteiger partial charge in [0.15, 0.2) is 0 Å². The molecule has 0 radical (unpaired) electrons. The van der Waals surface area contributed by atoms with Gasteiger partial charge in [-0.25, -0.2) is 4.79 Å². The number of para-hydroxylation sites is 1. The Morgan fingerprint density at radius 2 is 1.78 bits per heavy atom. The molecule has 0 aliphatic rings. The molecule has 2 amide bonds. The highest BCUT2D eigenvalue weighted by atomic mass is 19.3. The van der Waals surface area contributed by atoms with Crippen LogP contribution in [0.3, 0.4) is 0 Å². The van der Waals surface area contributed by atoms with Crippen LogP contribution in [-0.4, -0.2) is 12.6 Å². The molecule has 0 aliphatic heterocycles. The summed E-state index contributed by atoms with van der Waals surface area (Å²) in [6, 6.07) is 12.9. The van der Waals surface area contributed by atoms with E-state index in [-0.39, 0.29) is 5.75 Å². The van der Waals surface area contributed by atoms with Crippen LogP contribution < -0.4 is 15.4 Å². The van der Waals surface area contributed by atoms with Gasteiger partial charge in [0.05, 0.1) is 0 Å². The third-order valence-electron chi connectivity index (χ3n) is 3.12. The molecule has 2 aromatic carbocycles. The molecule has 23 heavy (non-hydrogen) atoms. The van der Waals surface area contributed by atoms with E-state index in [0.717, 1.165) is 24.1 Å². The monoisotopic (exact) mass is 320 g/mol. The number of carbonyl (C=O) groups excluding carboxylic acids is 1. The Kier molecular flexibility index (Phi) is 5.91. The largest absolute Gasteiger partial charge is 0.435 e. The zero-order chi connectivity index (χ0) is 16.7. The molecule has 0 bridgehead atoms. The van der Waals surface area contributed by atoms with Crippen LogP contribution in [-0.2, 0) is 6.42 Å². The highest BCUT2D eigenvalue weighted by Crippen LogP contribution is 2.19. The molecule has 0 aromatic heterocycles. The lowest BCUT2D eigenvalue weighted by Crippen LogP contribution is -2.20. The van der Waals surface area contributed by atoms with Gasteiger partial charge in [-0.15, -0.1) is 0 Å². The van der Waals surface area contributed by atoms with E-state index in [1.807, 2.05) is 24.3 Å². The molecule has 0 aliphatic carbocycles. The Bertz CT molecular complexity index is 645. The summed E-state index contributed by atoms with van der Waals surface area (Å²) in [5, 5.41) is 5.44. The molecular formula is C17H18F2N2O2. The van der Waals surface area contributed by atoms with Crippen LogP contribution in [0.15, 0.2) is 48.5 Å². The van der Waals surface area contributed by atoms with Crippen molar-refractivity contribution < 1.29 is 18.3 Å². The van der Waals surface area contributed by atoms with Crippen molar-refractivity contribution in [3.63, 3.8) is 0 Å². The van der Waals surface area contributed by atoms with Crippen LogP contribution in [0.5, 0.6) is 5.75 Å². The Morgan fingerprint density at radius 1 is 1.09 bits per heavy atom. The van der Waals surface area contributed by atoms with E-state index in [0.29, 0.717) is 5.69 Å². The summed E-state index contributed by atoms with van der Waals surface area (Å²) in [4.78, 5) is 12.0. The molecule has 2 N–H and O–H groups in total. The SMILES string of the molecule is CCCc1ccccc1NC(=O)Nc1ccc(OC(F)F)cc1. The van der Waals surface area contributed by atoms with E-state index in [1.54, 1.807) is 0 Å². The van der Waals surface area contributed by atoms with E-state index in [1.165, 1.54) is 24.3 Å². The maximum absolute atomic E-state index is 12.1. The van der Waals surface area contributed by atoms with E-state index in [2.05, 4.69) is 22.3 Å². The predicted molar refractivity (Wildman–Crippen MR) is 86.2 cm³/mol. The maximum atomic E-state index is 12.1. The van der Waals surface area contributed by atoms with Crippen LogP contribution >= 0.6 is 0 Å². The smallest absolute Gasteiger partial charge is 0.387 e. The minimum Gasteiger partial charge on any atom is -0.435 e. The second-order valence-electron chi connectivity index (χ2n) is 4.89. The zero-order valence-corrected chi connectivity index (χ0v) is 12.7. The molecule has 122 valence electrons. The molecule has 4 nitrogen and oxygen atoms in total. The molecule has 6 heteroatoms. The van der Waals surface area contributed by atoms with E-state index in [9.17, 15) is 13.6 Å². The van der Waals surface area contributed by atoms with Crippen LogP contribution in [0.25, 0.3) is 0 Å². The first-order chi connectivity index (χ1) is 11.1. The number of alkyl halides is 2. The van der Waals surface area contributed by atoms with Crippen LogP contribution in [0, 0.1) is 0 Å². The topological polar surface area (TPSA) is 50.4 Å². The molecule has 0 unspecified atom stereocenters. The van der Waals surface area contributed by atoms with Crippen molar-refractivity contribution in [1.29, 1.82) is 0 Å². The number of carbonyl (C=O) groups is 1. The molecule has 2 rings (SSSR count). The summed E-state index contributed by atoms with van der Waals surface area (Å²) < 4.78 is 28.4. The average molecular weight is 320 g/mol. The number of hydrogen-bond acceptors (Lipinski definition) is 2. The van der Waals surface area contributed by atoms with Gasteiger partial charge in [0, 0.05) is 11.4 Å². The zero-order valence-electron chi connectivity index (χ0n) is 12.7. The van der Waals surface area contributed by atoms with Gasteiger partial charge in [0.1, 0.15) is 5.75 Å². The number of aryl methyl sites for hydroxylation is 1. The molecule has 0 saturated heterocycles. The first-order valence-electron chi connectivity index (χ1n) is 7.29. The predicted octanol–water partition coefficient (Wildman–Crippen LogP) is 4.88. The molecular weight excluding hydrogens is 302 g/mol. The number of amides is 2.